The Morgan fingerprint density at radius 3 is 2.76 bits per heavy atom. The SMILES string of the molecule is COc1ccc2c(c1)c(C(=O)NCC(C)n1cc(C)cn1)c(C)n2C. The highest BCUT2D eigenvalue weighted by molar-refractivity contribution is 6.08. The van der Waals surface area contributed by atoms with Crippen molar-refractivity contribution in [3.8, 4) is 5.75 Å². The van der Waals surface area contributed by atoms with Crippen LogP contribution in [-0.2, 0) is 7.05 Å². The molecule has 0 aliphatic heterocycles. The molecular weight excluding hydrogens is 316 g/mol. The summed E-state index contributed by atoms with van der Waals surface area (Å²) in [6, 6.07) is 5.89. The molecule has 1 unspecified atom stereocenters. The number of rotatable bonds is 5. The Labute approximate surface area is 147 Å². The Hall–Kier alpha value is -2.76. The second-order valence-electron chi connectivity index (χ2n) is 6.46. The van der Waals surface area contributed by atoms with Gasteiger partial charge in [0, 0.05) is 36.4 Å². The van der Waals surface area contributed by atoms with E-state index in [-0.39, 0.29) is 11.9 Å². The van der Waals surface area contributed by atoms with Crippen LogP contribution in [0.5, 0.6) is 5.75 Å². The summed E-state index contributed by atoms with van der Waals surface area (Å²) in [5.74, 6) is 0.666. The Bertz CT molecular complexity index is 923. The van der Waals surface area contributed by atoms with Gasteiger partial charge in [-0.05, 0) is 44.5 Å². The molecular formula is C19H24N4O2. The lowest BCUT2D eigenvalue weighted by Crippen LogP contribution is -2.30. The molecule has 0 bridgehead atoms. The van der Waals surface area contributed by atoms with Crippen LogP contribution in [0.15, 0.2) is 30.6 Å². The second-order valence-corrected chi connectivity index (χ2v) is 6.46. The number of aryl methyl sites for hydroxylation is 2. The largest absolute Gasteiger partial charge is 0.497 e. The van der Waals surface area contributed by atoms with E-state index >= 15 is 0 Å². The normalized spacial score (nSPS) is 12.4. The van der Waals surface area contributed by atoms with Crippen molar-refractivity contribution in [1.29, 1.82) is 0 Å². The number of hydrogen-bond donors (Lipinski definition) is 1. The van der Waals surface area contributed by atoms with Crippen molar-refractivity contribution >= 4 is 16.8 Å². The standard InChI is InChI=1S/C19H24N4O2/c1-12-9-21-23(11-12)13(2)10-20-19(24)18-14(3)22(4)17-7-6-15(25-5)8-16(17)18/h6-9,11,13H,10H2,1-5H3,(H,20,24). The first-order chi connectivity index (χ1) is 11.9. The van der Waals surface area contributed by atoms with Gasteiger partial charge in [0.1, 0.15) is 5.75 Å². The molecule has 3 rings (SSSR count). The predicted molar refractivity (Wildman–Crippen MR) is 98.2 cm³/mol. The number of aromatic nitrogens is 3. The Morgan fingerprint density at radius 2 is 2.12 bits per heavy atom. The van der Waals surface area contributed by atoms with Crippen LogP contribution in [0.3, 0.4) is 0 Å². The molecule has 6 heteroatoms. The predicted octanol–water partition coefficient (Wildman–Crippen LogP) is 2.99. The van der Waals surface area contributed by atoms with Gasteiger partial charge in [0.05, 0.1) is 24.9 Å². The Kier molecular flexibility index (Phi) is 4.53. The summed E-state index contributed by atoms with van der Waals surface area (Å²) in [6.07, 6.45) is 3.80. The summed E-state index contributed by atoms with van der Waals surface area (Å²) in [5, 5.41) is 8.24. The molecule has 2 heterocycles. The van der Waals surface area contributed by atoms with Crippen LogP contribution in [0.2, 0.25) is 0 Å². The van der Waals surface area contributed by atoms with Crippen LogP contribution >= 0.6 is 0 Å². The van der Waals surface area contributed by atoms with Crippen molar-refractivity contribution in [1.82, 2.24) is 19.7 Å². The van der Waals surface area contributed by atoms with Gasteiger partial charge in [-0.1, -0.05) is 0 Å². The highest BCUT2D eigenvalue weighted by atomic mass is 16.5. The van der Waals surface area contributed by atoms with E-state index in [1.54, 1.807) is 7.11 Å². The molecule has 0 spiro atoms. The fourth-order valence-corrected chi connectivity index (χ4v) is 3.06. The van der Waals surface area contributed by atoms with Crippen molar-refractivity contribution in [3.05, 3.63) is 47.4 Å². The second kappa shape index (κ2) is 6.63. The lowest BCUT2D eigenvalue weighted by molar-refractivity contribution is 0.0948. The first-order valence-corrected chi connectivity index (χ1v) is 8.34. The third kappa shape index (κ3) is 3.12. The van der Waals surface area contributed by atoms with Crippen molar-refractivity contribution < 1.29 is 9.53 Å². The van der Waals surface area contributed by atoms with Crippen LogP contribution in [0.4, 0.5) is 0 Å². The van der Waals surface area contributed by atoms with E-state index in [1.807, 2.05) is 67.7 Å². The Morgan fingerprint density at radius 1 is 1.36 bits per heavy atom. The zero-order chi connectivity index (χ0) is 18.1. The molecule has 1 atom stereocenters. The summed E-state index contributed by atoms with van der Waals surface area (Å²) < 4.78 is 9.21. The van der Waals surface area contributed by atoms with Gasteiger partial charge in [0.25, 0.3) is 5.91 Å². The fourth-order valence-electron chi connectivity index (χ4n) is 3.06. The molecule has 3 aromatic rings. The first-order valence-electron chi connectivity index (χ1n) is 8.34. The van der Waals surface area contributed by atoms with Gasteiger partial charge in [0.2, 0.25) is 0 Å². The maximum atomic E-state index is 12.8. The number of methoxy groups -OCH3 is 1. The smallest absolute Gasteiger partial charge is 0.253 e. The van der Waals surface area contributed by atoms with Gasteiger partial charge in [-0.15, -0.1) is 0 Å². The number of ether oxygens (including phenoxy) is 1. The van der Waals surface area contributed by atoms with Crippen molar-refractivity contribution in [3.63, 3.8) is 0 Å². The molecule has 1 N–H and O–H groups in total. The highest BCUT2D eigenvalue weighted by Gasteiger charge is 2.19. The van der Waals surface area contributed by atoms with Crippen LogP contribution in [-0.4, -0.2) is 33.9 Å². The van der Waals surface area contributed by atoms with Crippen molar-refractivity contribution in [2.75, 3.05) is 13.7 Å². The average Bonchev–Trinajstić information content (AvgIpc) is 3.14. The lowest BCUT2D eigenvalue weighted by Gasteiger charge is -2.13. The molecule has 0 aliphatic carbocycles. The molecule has 6 nitrogen and oxygen atoms in total. The summed E-state index contributed by atoms with van der Waals surface area (Å²) in [6.45, 7) is 6.51. The lowest BCUT2D eigenvalue weighted by atomic mass is 10.1. The number of carbonyl (C=O) groups excluding carboxylic acids is 1. The molecule has 0 saturated carbocycles. The summed E-state index contributed by atoms with van der Waals surface area (Å²) in [7, 11) is 3.60. The van der Waals surface area contributed by atoms with Gasteiger partial charge in [-0.2, -0.15) is 5.10 Å². The maximum absolute atomic E-state index is 12.8. The monoisotopic (exact) mass is 340 g/mol. The third-order valence-corrected chi connectivity index (χ3v) is 4.67. The molecule has 2 aromatic heterocycles. The van der Waals surface area contributed by atoms with Gasteiger partial charge in [-0.3, -0.25) is 9.48 Å². The van der Waals surface area contributed by atoms with Crippen LogP contribution in [0.1, 0.15) is 34.6 Å². The summed E-state index contributed by atoms with van der Waals surface area (Å²) in [5.41, 5.74) is 3.75. The molecule has 0 radical (unpaired) electrons. The number of hydrogen-bond acceptors (Lipinski definition) is 3. The van der Waals surface area contributed by atoms with Crippen LogP contribution < -0.4 is 10.1 Å². The molecule has 1 amide bonds. The number of nitrogens with one attached hydrogen (secondary N) is 1. The highest BCUT2D eigenvalue weighted by Crippen LogP contribution is 2.28. The van der Waals surface area contributed by atoms with E-state index in [4.69, 9.17) is 4.74 Å². The molecule has 0 aliphatic rings. The van der Waals surface area contributed by atoms with Crippen LogP contribution in [0, 0.1) is 13.8 Å². The molecule has 0 fully saturated rings. The van der Waals surface area contributed by atoms with E-state index < -0.39 is 0 Å². The minimum absolute atomic E-state index is 0.0768. The van der Waals surface area contributed by atoms with Crippen LogP contribution in [0.25, 0.3) is 10.9 Å². The number of carbonyl (C=O) groups is 1. The van der Waals surface area contributed by atoms with Crippen molar-refractivity contribution in [2.45, 2.75) is 26.8 Å². The van der Waals surface area contributed by atoms with Gasteiger partial charge >= 0.3 is 0 Å². The number of amides is 1. The number of benzene rings is 1. The zero-order valence-corrected chi connectivity index (χ0v) is 15.3. The third-order valence-electron chi connectivity index (χ3n) is 4.67. The summed E-state index contributed by atoms with van der Waals surface area (Å²) >= 11 is 0. The molecule has 0 saturated heterocycles. The number of fused-ring (bicyclic) bond motifs is 1. The van der Waals surface area contributed by atoms with Gasteiger partial charge in [-0.25, -0.2) is 0 Å². The van der Waals surface area contributed by atoms with E-state index in [1.165, 1.54) is 0 Å². The molecule has 1 aromatic carbocycles. The Balaban J connectivity index is 1.85. The quantitative estimate of drug-likeness (QED) is 0.777. The minimum atomic E-state index is -0.0768. The zero-order valence-electron chi connectivity index (χ0n) is 15.3. The molecule has 25 heavy (non-hydrogen) atoms. The van der Waals surface area contributed by atoms with Gasteiger partial charge in [0.15, 0.2) is 0 Å². The van der Waals surface area contributed by atoms with E-state index in [9.17, 15) is 4.79 Å². The van der Waals surface area contributed by atoms with E-state index in [2.05, 4.69) is 10.4 Å². The topological polar surface area (TPSA) is 61.1 Å². The minimum Gasteiger partial charge on any atom is -0.497 e. The average molecular weight is 340 g/mol. The number of nitrogens with zero attached hydrogens (tertiary/aromatic N) is 3. The van der Waals surface area contributed by atoms with E-state index in [0.717, 1.165) is 27.9 Å². The first kappa shape index (κ1) is 17.1. The maximum Gasteiger partial charge on any atom is 0.253 e. The summed E-state index contributed by atoms with van der Waals surface area (Å²) in [4.78, 5) is 12.8. The van der Waals surface area contributed by atoms with Gasteiger partial charge < -0.3 is 14.6 Å². The molecule has 132 valence electrons. The van der Waals surface area contributed by atoms with Crippen molar-refractivity contribution in [2.24, 2.45) is 7.05 Å². The van der Waals surface area contributed by atoms with E-state index in [0.29, 0.717) is 12.1 Å². The fraction of sp³-hybridized carbons (Fsp3) is 0.368.